The molecule has 0 aliphatic rings. The molecule has 5 nitrogen and oxygen atoms in total. The van der Waals surface area contributed by atoms with Crippen LogP contribution in [-0.4, -0.2) is 16.5 Å². The van der Waals surface area contributed by atoms with E-state index in [-0.39, 0.29) is 5.91 Å². The van der Waals surface area contributed by atoms with Crippen LogP contribution in [0.3, 0.4) is 0 Å². The molecule has 1 heterocycles. The van der Waals surface area contributed by atoms with Gasteiger partial charge in [-0.05, 0) is 68.8 Å². The molecule has 152 valence electrons. The van der Waals surface area contributed by atoms with Crippen LogP contribution in [0.15, 0.2) is 71.1 Å². The first-order valence-electron chi connectivity index (χ1n) is 9.54. The lowest BCUT2D eigenvalue weighted by Gasteiger charge is -2.25. The minimum atomic E-state index is -1.07. The predicted molar refractivity (Wildman–Crippen MR) is 119 cm³/mol. The zero-order valence-corrected chi connectivity index (χ0v) is 17.7. The fraction of sp³-hybridized carbons (Fsp3) is 0.167. The van der Waals surface area contributed by atoms with Crippen molar-refractivity contribution >= 4 is 34.3 Å². The second-order valence-electron chi connectivity index (χ2n) is 7.56. The zero-order valence-electron chi connectivity index (χ0n) is 16.9. The number of oxazole rings is 1. The summed E-state index contributed by atoms with van der Waals surface area (Å²) in [5.74, 6) is 0.737. The monoisotopic (exact) mass is 420 g/mol. The van der Waals surface area contributed by atoms with E-state index in [1.165, 1.54) is 0 Å². The number of ether oxygens (including phenoxy) is 1. The van der Waals surface area contributed by atoms with E-state index < -0.39 is 5.60 Å². The average Bonchev–Trinajstić information content (AvgIpc) is 3.12. The Morgan fingerprint density at radius 1 is 1.07 bits per heavy atom. The van der Waals surface area contributed by atoms with Crippen LogP contribution >= 0.6 is 11.6 Å². The average molecular weight is 421 g/mol. The Morgan fingerprint density at radius 3 is 2.60 bits per heavy atom. The molecular weight excluding hydrogens is 400 g/mol. The van der Waals surface area contributed by atoms with Crippen LogP contribution in [0.5, 0.6) is 5.75 Å². The standard InChI is InChI=1S/C24H21ClN2O3/c1-15-9-12-20-21(13-15)29-22(27-20)18-14-16(10-11-19(18)25)26-23(28)24(2,3)30-17-7-5-4-6-8-17/h4-14H,1-3H3,(H,26,28). The first-order chi connectivity index (χ1) is 14.3. The summed E-state index contributed by atoms with van der Waals surface area (Å²) in [6, 6.07) is 20.2. The molecule has 0 spiro atoms. The molecule has 1 N–H and O–H groups in total. The lowest BCUT2D eigenvalue weighted by atomic mass is 10.1. The highest BCUT2D eigenvalue weighted by molar-refractivity contribution is 6.33. The van der Waals surface area contributed by atoms with E-state index in [0.717, 1.165) is 11.1 Å². The number of fused-ring (bicyclic) bond motifs is 1. The van der Waals surface area contributed by atoms with Crippen molar-refractivity contribution in [2.24, 2.45) is 0 Å². The molecule has 4 rings (SSSR count). The molecular formula is C24H21ClN2O3. The molecule has 30 heavy (non-hydrogen) atoms. The molecule has 0 fully saturated rings. The fourth-order valence-corrected chi connectivity index (χ4v) is 3.22. The van der Waals surface area contributed by atoms with Gasteiger partial charge in [0.15, 0.2) is 11.2 Å². The van der Waals surface area contributed by atoms with Crippen molar-refractivity contribution < 1.29 is 13.9 Å². The van der Waals surface area contributed by atoms with Crippen molar-refractivity contribution in [3.8, 4) is 17.2 Å². The summed E-state index contributed by atoms with van der Waals surface area (Å²) in [6.45, 7) is 5.43. The molecule has 1 amide bonds. The van der Waals surface area contributed by atoms with Crippen LogP contribution < -0.4 is 10.1 Å². The maximum Gasteiger partial charge on any atom is 0.267 e. The topological polar surface area (TPSA) is 64.4 Å². The summed E-state index contributed by atoms with van der Waals surface area (Å²) in [5, 5.41) is 3.37. The number of aromatic nitrogens is 1. The van der Waals surface area contributed by atoms with Crippen LogP contribution in [0, 0.1) is 6.92 Å². The van der Waals surface area contributed by atoms with E-state index >= 15 is 0 Å². The quantitative estimate of drug-likeness (QED) is 0.414. The van der Waals surface area contributed by atoms with Gasteiger partial charge in [-0.2, -0.15) is 0 Å². The molecule has 0 unspecified atom stereocenters. The van der Waals surface area contributed by atoms with Crippen molar-refractivity contribution in [3.63, 3.8) is 0 Å². The Bertz CT molecular complexity index is 1220. The molecule has 0 saturated heterocycles. The summed E-state index contributed by atoms with van der Waals surface area (Å²) >= 11 is 6.39. The van der Waals surface area contributed by atoms with Gasteiger partial charge in [-0.15, -0.1) is 0 Å². The molecule has 0 aliphatic carbocycles. The summed E-state index contributed by atoms with van der Waals surface area (Å²) in [4.78, 5) is 17.4. The van der Waals surface area contributed by atoms with E-state index in [1.807, 2.05) is 55.5 Å². The smallest absolute Gasteiger partial charge is 0.267 e. The number of hydrogen-bond acceptors (Lipinski definition) is 4. The van der Waals surface area contributed by atoms with Crippen LogP contribution in [0.4, 0.5) is 5.69 Å². The Balaban J connectivity index is 1.58. The largest absolute Gasteiger partial charge is 0.478 e. The van der Waals surface area contributed by atoms with Gasteiger partial charge in [0.1, 0.15) is 11.3 Å². The van der Waals surface area contributed by atoms with Gasteiger partial charge in [-0.3, -0.25) is 4.79 Å². The van der Waals surface area contributed by atoms with Crippen molar-refractivity contribution in [3.05, 3.63) is 77.3 Å². The van der Waals surface area contributed by atoms with Crippen LogP contribution in [0.2, 0.25) is 5.02 Å². The second-order valence-corrected chi connectivity index (χ2v) is 7.97. The van der Waals surface area contributed by atoms with Crippen LogP contribution in [-0.2, 0) is 4.79 Å². The van der Waals surface area contributed by atoms with Crippen molar-refractivity contribution in [1.82, 2.24) is 4.98 Å². The van der Waals surface area contributed by atoms with Crippen LogP contribution in [0.1, 0.15) is 19.4 Å². The molecule has 0 aliphatic heterocycles. The third-order valence-corrected chi connectivity index (χ3v) is 4.99. The van der Waals surface area contributed by atoms with E-state index in [0.29, 0.717) is 33.5 Å². The van der Waals surface area contributed by atoms with Gasteiger partial charge in [0.2, 0.25) is 5.89 Å². The van der Waals surface area contributed by atoms with Gasteiger partial charge in [0, 0.05) is 5.69 Å². The van der Waals surface area contributed by atoms with E-state index in [2.05, 4.69) is 10.3 Å². The van der Waals surface area contributed by atoms with Crippen LogP contribution in [0.25, 0.3) is 22.6 Å². The third-order valence-electron chi connectivity index (χ3n) is 4.66. The fourth-order valence-electron chi connectivity index (χ4n) is 3.03. The number of carbonyl (C=O) groups is 1. The van der Waals surface area contributed by atoms with Gasteiger partial charge in [0.25, 0.3) is 5.91 Å². The normalized spacial score (nSPS) is 11.5. The van der Waals surface area contributed by atoms with Gasteiger partial charge in [-0.1, -0.05) is 35.9 Å². The molecule has 0 bridgehead atoms. The predicted octanol–water partition coefficient (Wildman–Crippen LogP) is 6.25. The number of anilines is 1. The molecule has 0 saturated carbocycles. The third kappa shape index (κ3) is 4.16. The highest BCUT2D eigenvalue weighted by Gasteiger charge is 2.30. The molecule has 4 aromatic rings. The highest BCUT2D eigenvalue weighted by atomic mass is 35.5. The lowest BCUT2D eigenvalue weighted by molar-refractivity contribution is -0.128. The Morgan fingerprint density at radius 2 is 1.83 bits per heavy atom. The molecule has 3 aromatic carbocycles. The van der Waals surface area contributed by atoms with Gasteiger partial charge < -0.3 is 14.5 Å². The number of rotatable bonds is 5. The van der Waals surface area contributed by atoms with Gasteiger partial charge in [0.05, 0.1) is 10.6 Å². The minimum absolute atomic E-state index is 0.284. The number of aryl methyl sites for hydroxylation is 1. The Kier molecular flexibility index (Phi) is 5.22. The van der Waals surface area contributed by atoms with Gasteiger partial charge >= 0.3 is 0 Å². The van der Waals surface area contributed by atoms with E-state index in [9.17, 15) is 4.79 Å². The summed E-state index contributed by atoms with van der Waals surface area (Å²) in [6.07, 6.45) is 0. The summed E-state index contributed by atoms with van der Waals surface area (Å²) in [7, 11) is 0. The van der Waals surface area contributed by atoms with E-state index in [4.69, 9.17) is 20.8 Å². The first-order valence-corrected chi connectivity index (χ1v) is 9.92. The number of nitrogens with one attached hydrogen (secondary N) is 1. The number of para-hydroxylation sites is 1. The Labute approximate surface area is 179 Å². The molecule has 1 aromatic heterocycles. The number of hydrogen-bond donors (Lipinski definition) is 1. The van der Waals surface area contributed by atoms with Gasteiger partial charge in [-0.25, -0.2) is 4.98 Å². The lowest BCUT2D eigenvalue weighted by Crippen LogP contribution is -2.42. The van der Waals surface area contributed by atoms with Crippen molar-refractivity contribution in [1.29, 1.82) is 0 Å². The van der Waals surface area contributed by atoms with Crippen molar-refractivity contribution in [2.45, 2.75) is 26.4 Å². The molecule has 0 atom stereocenters. The maximum atomic E-state index is 12.8. The minimum Gasteiger partial charge on any atom is -0.478 e. The maximum absolute atomic E-state index is 12.8. The first kappa shape index (κ1) is 20.0. The number of nitrogens with zero attached hydrogens (tertiary/aromatic N) is 1. The summed E-state index contributed by atoms with van der Waals surface area (Å²) in [5.41, 5.74) is 2.62. The number of carbonyl (C=O) groups excluding carboxylic acids is 1. The van der Waals surface area contributed by atoms with E-state index in [1.54, 1.807) is 32.0 Å². The Hall–Kier alpha value is -3.31. The highest BCUT2D eigenvalue weighted by Crippen LogP contribution is 2.33. The SMILES string of the molecule is Cc1ccc2nc(-c3cc(NC(=O)C(C)(C)Oc4ccccc4)ccc3Cl)oc2c1. The number of benzene rings is 3. The summed E-state index contributed by atoms with van der Waals surface area (Å²) < 4.78 is 11.7. The second kappa shape index (κ2) is 7.84. The number of amides is 1. The molecule has 0 radical (unpaired) electrons. The van der Waals surface area contributed by atoms with Crippen molar-refractivity contribution in [2.75, 3.05) is 5.32 Å². The zero-order chi connectivity index (χ0) is 21.3. The molecule has 6 heteroatoms. The number of halogens is 1.